The molecule has 1 rings (SSSR count). The summed E-state index contributed by atoms with van der Waals surface area (Å²) in [6.07, 6.45) is 0. The predicted molar refractivity (Wildman–Crippen MR) is 58.5 cm³/mol. The highest BCUT2D eigenvalue weighted by Gasteiger charge is 2.16. The Morgan fingerprint density at radius 3 is 2.12 bits per heavy atom. The molecule has 0 heterocycles. The Kier molecular flexibility index (Phi) is 6.61. The van der Waals surface area contributed by atoms with E-state index < -0.39 is 12.4 Å². The molecule has 1 aromatic carbocycles. The van der Waals surface area contributed by atoms with Crippen LogP contribution in [0.25, 0.3) is 0 Å². The van der Waals surface area contributed by atoms with Gasteiger partial charge in [0.2, 0.25) is 0 Å². The number of hydrogen-bond donors (Lipinski definition) is 0. The summed E-state index contributed by atoms with van der Waals surface area (Å²) in [5, 5.41) is 0. The topological polar surface area (TPSA) is 9.23 Å². The highest BCUT2D eigenvalue weighted by atomic mass is 19.3. The summed E-state index contributed by atoms with van der Waals surface area (Å²) in [5.74, 6) is -1.16. The minimum absolute atomic E-state index is 0.0561. The van der Waals surface area contributed by atoms with E-state index in [-0.39, 0.29) is 11.7 Å². The van der Waals surface area contributed by atoms with Crippen molar-refractivity contribution in [2.45, 2.75) is 40.2 Å². The normalized spacial score (nSPS) is 10.1. The van der Waals surface area contributed by atoms with Crippen molar-refractivity contribution in [2.75, 3.05) is 0 Å². The lowest BCUT2D eigenvalue weighted by Gasteiger charge is -2.13. The Morgan fingerprint density at radius 2 is 1.69 bits per heavy atom. The highest BCUT2D eigenvalue weighted by Crippen LogP contribution is 2.30. The van der Waals surface area contributed by atoms with Gasteiger partial charge in [-0.3, -0.25) is 0 Å². The van der Waals surface area contributed by atoms with Crippen molar-refractivity contribution in [1.82, 2.24) is 0 Å². The number of para-hydroxylation sites is 1. The van der Waals surface area contributed by atoms with Gasteiger partial charge in [0.15, 0.2) is 11.6 Å². The van der Waals surface area contributed by atoms with Crippen molar-refractivity contribution in [3.05, 3.63) is 29.6 Å². The highest BCUT2D eigenvalue weighted by molar-refractivity contribution is 5.37. The van der Waals surface area contributed by atoms with Gasteiger partial charge in [-0.05, 0) is 17.5 Å². The standard InChI is InChI=1S/C10H11F3O.C2H6/c1-6(2)7-4-3-5-8(11)9(7)14-10(12)13;1-2/h3-6,10H,1-2H3;1-2H3. The second-order valence-corrected chi connectivity index (χ2v) is 3.19. The van der Waals surface area contributed by atoms with E-state index in [1.165, 1.54) is 6.07 Å². The summed E-state index contributed by atoms with van der Waals surface area (Å²) in [6, 6.07) is 4.15. The van der Waals surface area contributed by atoms with Crippen LogP contribution in [0.2, 0.25) is 0 Å². The molecule has 16 heavy (non-hydrogen) atoms. The van der Waals surface area contributed by atoms with Gasteiger partial charge in [-0.2, -0.15) is 8.78 Å². The molecule has 1 nitrogen and oxygen atoms in total. The number of benzene rings is 1. The third-order valence-corrected chi connectivity index (χ3v) is 1.83. The Balaban J connectivity index is 0.00000106. The zero-order chi connectivity index (χ0) is 12.7. The van der Waals surface area contributed by atoms with Crippen LogP contribution in [0.3, 0.4) is 0 Å². The maximum Gasteiger partial charge on any atom is 0.387 e. The smallest absolute Gasteiger partial charge is 0.387 e. The second-order valence-electron chi connectivity index (χ2n) is 3.19. The van der Waals surface area contributed by atoms with Crippen LogP contribution in [0.5, 0.6) is 5.75 Å². The first-order chi connectivity index (χ1) is 7.52. The van der Waals surface area contributed by atoms with E-state index in [0.717, 1.165) is 6.07 Å². The van der Waals surface area contributed by atoms with Gasteiger partial charge < -0.3 is 4.74 Å². The van der Waals surface area contributed by atoms with Crippen molar-refractivity contribution in [1.29, 1.82) is 0 Å². The molecule has 0 bridgehead atoms. The van der Waals surface area contributed by atoms with Crippen LogP contribution in [0, 0.1) is 5.82 Å². The molecular formula is C12H17F3O. The number of alkyl halides is 2. The van der Waals surface area contributed by atoms with Gasteiger partial charge in [0.1, 0.15) is 0 Å². The summed E-state index contributed by atoms with van der Waals surface area (Å²) in [4.78, 5) is 0. The van der Waals surface area contributed by atoms with Crippen molar-refractivity contribution >= 4 is 0 Å². The van der Waals surface area contributed by atoms with Crippen LogP contribution in [-0.4, -0.2) is 6.61 Å². The van der Waals surface area contributed by atoms with Gasteiger partial charge >= 0.3 is 6.61 Å². The van der Waals surface area contributed by atoms with Gasteiger partial charge in [-0.15, -0.1) is 0 Å². The number of rotatable bonds is 3. The molecule has 0 N–H and O–H groups in total. The van der Waals surface area contributed by atoms with E-state index in [1.807, 2.05) is 13.8 Å². The molecule has 0 aliphatic rings. The summed E-state index contributed by atoms with van der Waals surface area (Å²) in [6.45, 7) is 4.57. The van der Waals surface area contributed by atoms with Crippen molar-refractivity contribution < 1.29 is 17.9 Å². The largest absolute Gasteiger partial charge is 0.431 e. The van der Waals surface area contributed by atoms with Crippen LogP contribution in [0.15, 0.2) is 18.2 Å². The maximum atomic E-state index is 13.1. The average Bonchev–Trinajstić information content (AvgIpc) is 2.23. The van der Waals surface area contributed by atoms with Crippen molar-refractivity contribution in [2.24, 2.45) is 0 Å². The minimum Gasteiger partial charge on any atom is -0.431 e. The zero-order valence-corrected chi connectivity index (χ0v) is 9.93. The number of halogens is 3. The van der Waals surface area contributed by atoms with Gasteiger partial charge in [-0.25, -0.2) is 4.39 Å². The lowest BCUT2D eigenvalue weighted by Crippen LogP contribution is -2.07. The average molecular weight is 234 g/mol. The van der Waals surface area contributed by atoms with E-state index in [9.17, 15) is 13.2 Å². The third kappa shape index (κ3) is 4.13. The summed E-state index contributed by atoms with van der Waals surface area (Å²) < 4.78 is 41.2. The zero-order valence-electron chi connectivity index (χ0n) is 9.93. The van der Waals surface area contributed by atoms with Crippen LogP contribution in [-0.2, 0) is 0 Å². The monoisotopic (exact) mass is 234 g/mol. The van der Waals surface area contributed by atoms with Crippen LogP contribution in [0.4, 0.5) is 13.2 Å². The molecule has 0 unspecified atom stereocenters. The number of hydrogen-bond acceptors (Lipinski definition) is 1. The van der Waals surface area contributed by atoms with Crippen LogP contribution in [0.1, 0.15) is 39.2 Å². The second kappa shape index (κ2) is 7.14. The SMILES string of the molecule is CC.CC(C)c1cccc(F)c1OC(F)F. The van der Waals surface area contributed by atoms with Crippen LogP contribution < -0.4 is 4.74 Å². The van der Waals surface area contributed by atoms with Crippen molar-refractivity contribution in [3.63, 3.8) is 0 Å². The Hall–Kier alpha value is -1.19. The van der Waals surface area contributed by atoms with E-state index >= 15 is 0 Å². The lowest BCUT2D eigenvalue weighted by atomic mass is 10.0. The molecule has 0 spiro atoms. The first-order valence-corrected chi connectivity index (χ1v) is 5.25. The summed E-state index contributed by atoms with van der Waals surface area (Å²) in [5.41, 5.74) is 0.449. The molecule has 0 saturated carbocycles. The van der Waals surface area contributed by atoms with Crippen LogP contribution >= 0.6 is 0 Å². The molecule has 1 aromatic rings. The molecule has 0 amide bonds. The molecule has 0 aromatic heterocycles. The molecule has 0 atom stereocenters. The van der Waals surface area contributed by atoms with E-state index in [4.69, 9.17) is 0 Å². The van der Waals surface area contributed by atoms with Crippen molar-refractivity contribution in [3.8, 4) is 5.75 Å². The summed E-state index contributed by atoms with van der Waals surface area (Å²) in [7, 11) is 0. The maximum absolute atomic E-state index is 13.1. The van der Waals surface area contributed by atoms with E-state index in [1.54, 1.807) is 19.9 Å². The Bertz CT molecular complexity index is 311. The number of ether oxygens (including phenoxy) is 1. The molecule has 0 saturated heterocycles. The fourth-order valence-electron chi connectivity index (χ4n) is 1.19. The molecular weight excluding hydrogens is 217 g/mol. The van der Waals surface area contributed by atoms with Gasteiger partial charge in [-0.1, -0.05) is 39.8 Å². The molecule has 0 fully saturated rings. The van der Waals surface area contributed by atoms with E-state index in [2.05, 4.69) is 4.74 Å². The Labute approximate surface area is 94.2 Å². The van der Waals surface area contributed by atoms with Gasteiger partial charge in [0.25, 0.3) is 0 Å². The third-order valence-electron chi connectivity index (χ3n) is 1.83. The summed E-state index contributed by atoms with van der Waals surface area (Å²) >= 11 is 0. The molecule has 92 valence electrons. The van der Waals surface area contributed by atoms with E-state index in [0.29, 0.717) is 5.56 Å². The minimum atomic E-state index is -3.00. The first-order valence-electron chi connectivity index (χ1n) is 5.25. The molecule has 0 aliphatic heterocycles. The predicted octanol–water partition coefficient (Wildman–Crippen LogP) is 4.58. The molecule has 0 radical (unpaired) electrons. The molecule has 4 heteroatoms. The fourth-order valence-corrected chi connectivity index (χ4v) is 1.19. The Morgan fingerprint density at radius 1 is 1.12 bits per heavy atom. The van der Waals surface area contributed by atoms with Gasteiger partial charge in [0, 0.05) is 0 Å². The first kappa shape index (κ1) is 14.8. The lowest BCUT2D eigenvalue weighted by molar-refractivity contribution is -0.0529. The quantitative estimate of drug-likeness (QED) is 0.744. The fraction of sp³-hybridized carbons (Fsp3) is 0.500. The molecule has 0 aliphatic carbocycles. The van der Waals surface area contributed by atoms with Gasteiger partial charge in [0.05, 0.1) is 0 Å².